The van der Waals surface area contributed by atoms with Gasteiger partial charge >= 0.3 is 0 Å². The Hall–Kier alpha value is -1.44. The van der Waals surface area contributed by atoms with E-state index in [2.05, 4.69) is 9.82 Å². The molecule has 0 spiro atoms. The predicted molar refractivity (Wildman–Crippen MR) is 105 cm³/mol. The lowest BCUT2D eigenvalue weighted by molar-refractivity contribution is 0.601. The topological polar surface area (TPSA) is 64.0 Å². The first-order chi connectivity index (χ1) is 12.2. The second-order valence-corrected chi connectivity index (χ2v) is 8.66. The SMILES string of the molecule is O=S(=O)(Nc1cnn(Cc2ccc(Cl)c(Cl)c2)c1)c1cc(Cl)ccc1Cl. The molecule has 0 saturated heterocycles. The maximum Gasteiger partial charge on any atom is 0.263 e. The molecule has 0 atom stereocenters. The molecule has 0 unspecified atom stereocenters. The van der Waals surface area contributed by atoms with Crippen LogP contribution in [0.4, 0.5) is 5.69 Å². The number of hydrogen-bond donors (Lipinski definition) is 1. The van der Waals surface area contributed by atoms with Crippen molar-refractivity contribution in [3.8, 4) is 0 Å². The Morgan fingerprint density at radius 2 is 1.69 bits per heavy atom. The lowest BCUT2D eigenvalue weighted by Gasteiger charge is -2.08. The molecule has 0 saturated carbocycles. The van der Waals surface area contributed by atoms with Crippen LogP contribution in [0.25, 0.3) is 0 Å². The number of nitrogens with one attached hydrogen (secondary N) is 1. The van der Waals surface area contributed by atoms with E-state index in [4.69, 9.17) is 46.4 Å². The van der Waals surface area contributed by atoms with Gasteiger partial charge in [0, 0.05) is 11.2 Å². The van der Waals surface area contributed by atoms with Crippen molar-refractivity contribution in [3.05, 3.63) is 74.4 Å². The molecule has 0 aliphatic heterocycles. The summed E-state index contributed by atoms with van der Waals surface area (Å²) in [4.78, 5) is -0.108. The fourth-order valence-electron chi connectivity index (χ4n) is 2.22. The number of benzene rings is 2. The fourth-order valence-corrected chi connectivity index (χ4v) is 4.33. The Morgan fingerprint density at radius 3 is 2.42 bits per heavy atom. The van der Waals surface area contributed by atoms with Gasteiger partial charge in [-0.15, -0.1) is 0 Å². The van der Waals surface area contributed by atoms with E-state index < -0.39 is 10.0 Å². The zero-order valence-electron chi connectivity index (χ0n) is 13.0. The van der Waals surface area contributed by atoms with Crippen molar-refractivity contribution in [3.63, 3.8) is 0 Å². The molecule has 1 heterocycles. The highest BCUT2D eigenvalue weighted by molar-refractivity contribution is 7.92. The Bertz CT molecular complexity index is 1070. The van der Waals surface area contributed by atoms with Gasteiger partial charge in [-0.1, -0.05) is 52.5 Å². The molecule has 5 nitrogen and oxygen atoms in total. The van der Waals surface area contributed by atoms with Crippen LogP contribution < -0.4 is 4.72 Å². The lowest BCUT2D eigenvalue weighted by Crippen LogP contribution is -2.13. The van der Waals surface area contributed by atoms with E-state index in [1.165, 1.54) is 24.4 Å². The van der Waals surface area contributed by atoms with E-state index in [0.29, 0.717) is 22.3 Å². The molecule has 1 aromatic heterocycles. The van der Waals surface area contributed by atoms with Gasteiger partial charge in [0.2, 0.25) is 0 Å². The Morgan fingerprint density at radius 1 is 0.962 bits per heavy atom. The van der Waals surface area contributed by atoms with Gasteiger partial charge in [-0.05, 0) is 35.9 Å². The second kappa shape index (κ2) is 7.66. The van der Waals surface area contributed by atoms with Gasteiger partial charge in [-0.3, -0.25) is 9.40 Å². The summed E-state index contributed by atoms with van der Waals surface area (Å²) in [6, 6.07) is 9.44. The molecule has 0 aliphatic rings. The van der Waals surface area contributed by atoms with Crippen LogP contribution in [0.15, 0.2) is 53.7 Å². The van der Waals surface area contributed by atoms with Crippen molar-refractivity contribution in [2.24, 2.45) is 0 Å². The van der Waals surface area contributed by atoms with Crippen LogP contribution in [0.1, 0.15) is 5.56 Å². The number of aromatic nitrogens is 2. The van der Waals surface area contributed by atoms with Crippen LogP contribution in [0.2, 0.25) is 20.1 Å². The maximum atomic E-state index is 12.5. The van der Waals surface area contributed by atoms with E-state index >= 15 is 0 Å². The molecule has 3 rings (SSSR count). The van der Waals surface area contributed by atoms with Gasteiger partial charge < -0.3 is 0 Å². The summed E-state index contributed by atoms with van der Waals surface area (Å²) in [6.45, 7) is 0.399. The molecule has 0 bridgehead atoms. The largest absolute Gasteiger partial charge is 0.276 e. The number of halogens is 4. The highest BCUT2D eigenvalue weighted by atomic mass is 35.5. The molecule has 3 aromatic rings. The van der Waals surface area contributed by atoms with Crippen molar-refractivity contribution >= 4 is 62.1 Å². The first-order valence-electron chi connectivity index (χ1n) is 7.19. The maximum absolute atomic E-state index is 12.5. The molecule has 1 N–H and O–H groups in total. The van der Waals surface area contributed by atoms with E-state index in [0.717, 1.165) is 5.56 Å². The summed E-state index contributed by atoms with van der Waals surface area (Å²) in [5.74, 6) is 0. The number of anilines is 1. The van der Waals surface area contributed by atoms with Crippen LogP contribution >= 0.6 is 46.4 Å². The minimum Gasteiger partial charge on any atom is -0.276 e. The van der Waals surface area contributed by atoms with Gasteiger partial charge in [0.15, 0.2) is 0 Å². The van der Waals surface area contributed by atoms with E-state index in [-0.39, 0.29) is 14.9 Å². The lowest BCUT2D eigenvalue weighted by atomic mass is 10.2. The molecule has 0 radical (unpaired) electrons. The van der Waals surface area contributed by atoms with Gasteiger partial charge in [-0.2, -0.15) is 5.10 Å². The second-order valence-electron chi connectivity index (χ2n) is 5.36. The van der Waals surface area contributed by atoms with Crippen LogP contribution in [0, 0.1) is 0 Å². The first-order valence-corrected chi connectivity index (χ1v) is 10.2. The molecule has 0 aliphatic carbocycles. The van der Waals surface area contributed by atoms with Gasteiger partial charge in [0.1, 0.15) is 4.90 Å². The first kappa shape index (κ1) is 19.3. The summed E-state index contributed by atoms with van der Waals surface area (Å²) in [7, 11) is -3.90. The summed E-state index contributed by atoms with van der Waals surface area (Å²) in [6.07, 6.45) is 2.95. The van der Waals surface area contributed by atoms with Crippen LogP contribution in [0.3, 0.4) is 0 Å². The normalized spacial score (nSPS) is 11.5. The smallest absolute Gasteiger partial charge is 0.263 e. The molecule has 0 amide bonds. The molecule has 136 valence electrons. The Labute approximate surface area is 170 Å². The summed E-state index contributed by atoms with van der Waals surface area (Å²) >= 11 is 23.7. The zero-order valence-corrected chi connectivity index (χ0v) is 16.8. The zero-order chi connectivity index (χ0) is 18.9. The molecule has 10 heteroatoms. The molecule has 0 fully saturated rings. The average Bonchev–Trinajstić information content (AvgIpc) is 2.99. The quantitative estimate of drug-likeness (QED) is 0.570. The fraction of sp³-hybridized carbons (Fsp3) is 0.0625. The van der Waals surface area contributed by atoms with Gasteiger partial charge in [-0.25, -0.2) is 8.42 Å². The van der Waals surface area contributed by atoms with Crippen molar-refractivity contribution in [2.75, 3.05) is 4.72 Å². The standard InChI is InChI=1S/C16H11Cl4N3O2S/c17-11-2-4-14(19)16(6-11)26(24,25)22-12-7-21-23(9-12)8-10-1-3-13(18)15(20)5-10/h1-7,9,22H,8H2. The number of nitrogens with zero attached hydrogens (tertiary/aromatic N) is 2. The monoisotopic (exact) mass is 449 g/mol. The third-order valence-electron chi connectivity index (χ3n) is 3.40. The van der Waals surface area contributed by atoms with E-state index in [1.54, 1.807) is 23.0 Å². The summed E-state index contributed by atoms with van der Waals surface area (Å²) in [5.41, 5.74) is 1.16. The van der Waals surface area contributed by atoms with Crippen molar-refractivity contribution < 1.29 is 8.42 Å². The molecule has 2 aromatic carbocycles. The third kappa shape index (κ3) is 4.45. The minimum atomic E-state index is -3.90. The highest BCUT2D eigenvalue weighted by Crippen LogP contribution is 2.27. The van der Waals surface area contributed by atoms with Crippen LogP contribution in [0.5, 0.6) is 0 Å². The minimum absolute atomic E-state index is 0.0742. The highest BCUT2D eigenvalue weighted by Gasteiger charge is 2.19. The van der Waals surface area contributed by atoms with Crippen molar-refractivity contribution in [1.29, 1.82) is 0 Å². The predicted octanol–water partition coefficient (Wildman–Crippen LogP) is 5.35. The number of sulfonamides is 1. The molecular weight excluding hydrogens is 440 g/mol. The molecular formula is C16H11Cl4N3O2S. The van der Waals surface area contributed by atoms with Crippen molar-refractivity contribution in [1.82, 2.24) is 9.78 Å². The molecule has 26 heavy (non-hydrogen) atoms. The van der Waals surface area contributed by atoms with E-state index in [9.17, 15) is 8.42 Å². The van der Waals surface area contributed by atoms with Crippen LogP contribution in [-0.2, 0) is 16.6 Å². The van der Waals surface area contributed by atoms with Gasteiger partial charge in [0.25, 0.3) is 10.0 Å². The number of rotatable bonds is 5. The van der Waals surface area contributed by atoms with E-state index in [1.807, 2.05) is 6.07 Å². The Balaban J connectivity index is 1.79. The van der Waals surface area contributed by atoms with Gasteiger partial charge in [0.05, 0.1) is 33.5 Å². The average molecular weight is 451 g/mol. The van der Waals surface area contributed by atoms with Crippen LogP contribution in [-0.4, -0.2) is 18.2 Å². The number of hydrogen-bond acceptors (Lipinski definition) is 3. The third-order valence-corrected chi connectivity index (χ3v) is 6.23. The summed E-state index contributed by atoms with van der Waals surface area (Å²) < 4.78 is 29.0. The Kier molecular flexibility index (Phi) is 5.69. The van der Waals surface area contributed by atoms with Crippen molar-refractivity contribution in [2.45, 2.75) is 11.4 Å². The summed E-state index contributed by atoms with van der Waals surface area (Å²) in [5, 5.41) is 5.38.